The zero-order valence-electron chi connectivity index (χ0n) is 17.4. The van der Waals surface area contributed by atoms with Gasteiger partial charge in [-0.25, -0.2) is 23.1 Å². The third kappa shape index (κ3) is 5.98. The molecule has 0 aromatic heterocycles. The molecule has 30 heavy (non-hydrogen) atoms. The second-order valence-electron chi connectivity index (χ2n) is 7.68. The summed E-state index contributed by atoms with van der Waals surface area (Å²) in [7, 11) is -3.63. The van der Waals surface area contributed by atoms with Crippen molar-refractivity contribution in [1.29, 1.82) is 0 Å². The van der Waals surface area contributed by atoms with Crippen LogP contribution in [0.1, 0.15) is 25.8 Å². The van der Waals surface area contributed by atoms with Crippen molar-refractivity contribution >= 4 is 10.0 Å². The van der Waals surface area contributed by atoms with Crippen LogP contribution in [-0.2, 0) is 21.3 Å². The molecule has 2 aliphatic heterocycles. The molecule has 2 heterocycles. The number of benzene rings is 1. The molecular formula is C22H28N4O3S. The Balaban J connectivity index is 1.68. The summed E-state index contributed by atoms with van der Waals surface area (Å²) in [6.07, 6.45) is 7.74. The molecule has 0 amide bonds. The maximum absolute atomic E-state index is 12.8. The Kier molecular flexibility index (Phi) is 7.36. The summed E-state index contributed by atoms with van der Waals surface area (Å²) in [6, 6.07) is 8.55. The first-order chi connectivity index (χ1) is 14.4. The van der Waals surface area contributed by atoms with Crippen LogP contribution in [0.25, 0.3) is 11.4 Å². The largest absolute Gasteiger partial charge is 0.376 e. The average Bonchev–Trinajstić information content (AvgIpc) is 3.15. The number of hydrogen-bond donors (Lipinski definition) is 1. The lowest BCUT2D eigenvalue weighted by Crippen LogP contribution is -2.39. The highest BCUT2D eigenvalue weighted by Crippen LogP contribution is 2.17. The highest BCUT2D eigenvalue weighted by Gasteiger charge is 2.21. The van der Waals surface area contributed by atoms with Gasteiger partial charge in [0.1, 0.15) is 12.0 Å². The van der Waals surface area contributed by atoms with Crippen molar-refractivity contribution in [3.8, 4) is 11.4 Å². The van der Waals surface area contributed by atoms with Crippen LogP contribution in [0.3, 0.4) is 0 Å². The molecule has 0 saturated carbocycles. The standard InChI is InChI=1S/C22H28N4O3S/c1-4-11-29-15-19(12-17(2)3)25-30(27,28)20-7-5-18(6-8-20)13-26-10-9-21-22(14-26)24-16-23-21/h4-10,14,16-17,19,25H,1,11-13,15H2,2-3H3/t19-/m1/s1. The Bertz CT molecular complexity index is 1030. The fourth-order valence-electron chi connectivity index (χ4n) is 3.26. The van der Waals surface area contributed by atoms with Gasteiger partial charge >= 0.3 is 0 Å². The number of aromatic nitrogens is 3. The van der Waals surface area contributed by atoms with Gasteiger partial charge in [-0.3, -0.25) is 0 Å². The summed E-state index contributed by atoms with van der Waals surface area (Å²) in [5, 5.41) is 0. The zero-order chi connectivity index (χ0) is 21.6. The van der Waals surface area contributed by atoms with Crippen LogP contribution < -0.4 is 4.72 Å². The average molecular weight is 429 g/mol. The number of rotatable bonds is 11. The molecule has 0 bridgehead atoms. The van der Waals surface area contributed by atoms with Crippen molar-refractivity contribution in [2.24, 2.45) is 5.92 Å². The second-order valence-corrected chi connectivity index (χ2v) is 9.39. The second kappa shape index (κ2) is 9.97. The topological polar surface area (TPSA) is 86.1 Å². The van der Waals surface area contributed by atoms with E-state index in [-0.39, 0.29) is 10.9 Å². The third-order valence-electron chi connectivity index (χ3n) is 4.60. The highest BCUT2D eigenvalue weighted by atomic mass is 32.2. The molecule has 160 valence electrons. The molecule has 1 aromatic rings. The van der Waals surface area contributed by atoms with Gasteiger partial charge in [0, 0.05) is 25.0 Å². The smallest absolute Gasteiger partial charge is 0.240 e. The summed E-state index contributed by atoms with van der Waals surface area (Å²) >= 11 is 0. The fourth-order valence-corrected chi connectivity index (χ4v) is 4.50. The maximum Gasteiger partial charge on any atom is 0.240 e. The van der Waals surface area contributed by atoms with Crippen molar-refractivity contribution in [1.82, 2.24) is 19.3 Å². The molecule has 8 heteroatoms. The van der Waals surface area contributed by atoms with E-state index in [9.17, 15) is 8.42 Å². The summed E-state index contributed by atoms with van der Waals surface area (Å²) in [4.78, 5) is 8.61. The van der Waals surface area contributed by atoms with Crippen molar-refractivity contribution in [2.45, 2.75) is 37.8 Å². The number of imidazole rings is 1. The quantitative estimate of drug-likeness (QED) is 0.374. The SMILES string of the molecule is C=CCOC[C@@H](CC(C)C)NS(=O)(=O)c1ccc(Cn2ccc3ncnc-3c2)cc1. The van der Waals surface area contributed by atoms with E-state index in [2.05, 4.69) is 35.1 Å². The van der Waals surface area contributed by atoms with E-state index < -0.39 is 10.0 Å². The lowest BCUT2D eigenvalue weighted by Gasteiger charge is -2.20. The van der Waals surface area contributed by atoms with Crippen LogP contribution in [0.5, 0.6) is 0 Å². The predicted octanol–water partition coefficient (Wildman–Crippen LogP) is 3.33. The molecule has 2 aliphatic rings. The normalized spacial score (nSPS) is 13.0. The van der Waals surface area contributed by atoms with E-state index in [0.717, 1.165) is 17.0 Å². The minimum atomic E-state index is -3.63. The van der Waals surface area contributed by atoms with E-state index in [1.165, 1.54) is 6.33 Å². The molecule has 0 aliphatic carbocycles. The summed E-state index contributed by atoms with van der Waals surface area (Å²) in [5.74, 6) is 0.342. The van der Waals surface area contributed by atoms with Gasteiger partial charge in [-0.2, -0.15) is 0 Å². The Morgan fingerprint density at radius 1 is 1.17 bits per heavy atom. The fraction of sp³-hybridized carbons (Fsp3) is 0.364. The Labute approximate surface area is 178 Å². The molecule has 1 aromatic carbocycles. The molecule has 0 radical (unpaired) electrons. The molecular weight excluding hydrogens is 400 g/mol. The van der Waals surface area contributed by atoms with Crippen LogP contribution >= 0.6 is 0 Å². The van der Waals surface area contributed by atoms with Gasteiger partial charge in [0.05, 0.1) is 23.8 Å². The summed E-state index contributed by atoms with van der Waals surface area (Å²) in [6.45, 7) is 9.05. The van der Waals surface area contributed by atoms with E-state index in [0.29, 0.717) is 32.1 Å². The maximum atomic E-state index is 12.8. The molecule has 3 rings (SSSR count). The molecule has 1 N–H and O–H groups in total. The van der Waals surface area contributed by atoms with Crippen LogP contribution in [0.15, 0.2) is 66.6 Å². The molecule has 7 nitrogen and oxygen atoms in total. The Hall–Kier alpha value is -2.55. The van der Waals surface area contributed by atoms with Gasteiger partial charge in [0.2, 0.25) is 10.0 Å². The van der Waals surface area contributed by atoms with Gasteiger partial charge in [-0.15, -0.1) is 6.58 Å². The number of pyridine rings is 1. The highest BCUT2D eigenvalue weighted by molar-refractivity contribution is 7.89. The first kappa shape index (κ1) is 22.1. The van der Waals surface area contributed by atoms with Crippen molar-refractivity contribution in [3.05, 3.63) is 67.3 Å². The molecule has 0 saturated heterocycles. The van der Waals surface area contributed by atoms with Crippen molar-refractivity contribution < 1.29 is 13.2 Å². The summed E-state index contributed by atoms with van der Waals surface area (Å²) in [5.41, 5.74) is 2.67. The Morgan fingerprint density at radius 3 is 2.60 bits per heavy atom. The van der Waals surface area contributed by atoms with Crippen molar-refractivity contribution in [3.63, 3.8) is 0 Å². The number of nitrogens with zero attached hydrogens (tertiary/aromatic N) is 3. The number of hydrogen-bond acceptors (Lipinski definition) is 5. The minimum absolute atomic E-state index is 0.242. The third-order valence-corrected chi connectivity index (χ3v) is 6.14. The van der Waals surface area contributed by atoms with Crippen LogP contribution in [0.4, 0.5) is 0 Å². The predicted molar refractivity (Wildman–Crippen MR) is 117 cm³/mol. The van der Waals surface area contributed by atoms with Crippen LogP contribution in [-0.4, -0.2) is 42.2 Å². The number of fused-ring (bicyclic) bond motifs is 1. The number of nitrogens with one attached hydrogen (secondary N) is 1. The first-order valence-corrected chi connectivity index (χ1v) is 11.4. The van der Waals surface area contributed by atoms with Gasteiger partial charge in [-0.1, -0.05) is 32.1 Å². The Morgan fingerprint density at radius 2 is 1.90 bits per heavy atom. The zero-order valence-corrected chi connectivity index (χ0v) is 18.2. The lowest BCUT2D eigenvalue weighted by molar-refractivity contribution is 0.135. The monoisotopic (exact) mass is 428 g/mol. The lowest BCUT2D eigenvalue weighted by atomic mass is 10.1. The van der Waals surface area contributed by atoms with Gasteiger partial charge in [-0.05, 0) is 36.1 Å². The number of ether oxygens (including phenoxy) is 1. The van der Waals surface area contributed by atoms with E-state index in [4.69, 9.17) is 4.74 Å². The minimum Gasteiger partial charge on any atom is -0.376 e. The number of sulfonamides is 1. The van der Waals surface area contributed by atoms with E-state index in [1.807, 2.05) is 35.2 Å². The van der Waals surface area contributed by atoms with E-state index >= 15 is 0 Å². The van der Waals surface area contributed by atoms with Gasteiger partial charge in [0.15, 0.2) is 0 Å². The first-order valence-electron chi connectivity index (χ1n) is 9.94. The molecule has 1 atom stereocenters. The molecule has 0 spiro atoms. The van der Waals surface area contributed by atoms with Crippen LogP contribution in [0.2, 0.25) is 0 Å². The van der Waals surface area contributed by atoms with Crippen LogP contribution in [0, 0.1) is 5.92 Å². The van der Waals surface area contributed by atoms with Gasteiger partial charge < -0.3 is 9.30 Å². The molecule has 0 unspecified atom stereocenters. The van der Waals surface area contributed by atoms with Gasteiger partial charge in [0.25, 0.3) is 0 Å². The van der Waals surface area contributed by atoms with E-state index in [1.54, 1.807) is 18.2 Å². The molecule has 0 fully saturated rings. The van der Waals surface area contributed by atoms with Crippen molar-refractivity contribution in [2.75, 3.05) is 13.2 Å². The summed E-state index contributed by atoms with van der Waals surface area (Å²) < 4.78 is 35.9.